The molecule has 0 aliphatic heterocycles. The van der Waals surface area contributed by atoms with Crippen LogP contribution < -0.4 is 10.0 Å². The minimum Gasteiger partial charge on any atom is -0.383 e. The molecular weight excluding hydrogens is 278 g/mol. The highest BCUT2D eigenvalue weighted by atomic mass is 32.2. The molecule has 0 saturated carbocycles. The Balaban J connectivity index is 2.18. The van der Waals surface area contributed by atoms with Crippen LogP contribution >= 0.6 is 0 Å². The van der Waals surface area contributed by atoms with Crippen LogP contribution in [0.5, 0.6) is 0 Å². The topological polar surface area (TPSA) is 96.9 Å². The Morgan fingerprint density at radius 2 is 2.00 bits per heavy atom. The number of hydrogen-bond donors (Lipinski definition) is 2. The summed E-state index contributed by atoms with van der Waals surface area (Å²) in [7, 11) is -3.70. The number of sulfonamides is 1. The van der Waals surface area contributed by atoms with Gasteiger partial charge in [-0.25, -0.2) is 18.1 Å². The van der Waals surface area contributed by atoms with E-state index in [9.17, 15) is 8.42 Å². The molecule has 0 amide bonds. The fourth-order valence-electron chi connectivity index (χ4n) is 1.59. The van der Waals surface area contributed by atoms with Crippen molar-refractivity contribution in [1.29, 1.82) is 0 Å². The molecule has 0 radical (unpaired) electrons. The molecule has 0 fully saturated rings. The summed E-state index contributed by atoms with van der Waals surface area (Å²) in [5, 5.41) is 10.5. The Bertz CT molecular complexity index is 661. The molecule has 0 aliphatic rings. The van der Waals surface area contributed by atoms with E-state index in [1.165, 1.54) is 12.4 Å². The lowest BCUT2D eigenvalue weighted by Gasteiger charge is -2.10. The van der Waals surface area contributed by atoms with Gasteiger partial charge in [0.05, 0.1) is 17.9 Å². The molecule has 0 unspecified atom stereocenters. The van der Waals surface area contributed by atoms with Gasteiger partial charge in [0.15, 0.2) is 5.03 Å². The Morgan fingerprint density at radius 3 is 2.70 bits per heavy atom. The average molecular weight is 293 g/mol. The Morgan fingerprint density at radius 1 is 1.20 bits per heavy atom. The number of hydrogen-bond acceptors (Lipinski definition) is 6. The third kappa shape index (κ3) is 3.49. The van der Waals surface area contributed by atoms with Crippen molar-refractivity contribution in [1.82, 2.24) is 19.9 Å². The summed E-state index contributed by atoms with van der Waals surface area (Å²) >= 11 is 0. The first-order chi connectivity index (χ1) is 9.63. The second-order valence-electron chi connectivity index (χ2n) is 3.93. The quantitative estimate of drug-likeness (QED) is 0.817. The van der Waals surface area contributed by atoms with E-state index in [2.05, 4.69) is 25.2 Å². The predicted octanol–water partition coefficient (Wildman–Crippen LogP) is 0.782. The first kappa shape index (κ1) is 14.4. The molecule has 0 saturated heterocycles. The first-order valence-corrected chi connectivity index (χ1v) is 7.57. The van der Waals surface area contributed by atoms with Crippen molar-refractivity contribution in [3.8, 4) is 0 Å². The van der Waals surface area contributed by atoms with Gasteiger partial charge in [-0.2, -0.15) is 10.2 Å². The van der Waals surface area contributed by atoms with Gasteiger partial charge in [-0.15, -0.1) is 0 Å². The van der Waals surface area contributed by atoms with Crippen LogP contribution in [0.1, 0.15) is 12.6 Å². The maximum absolute atomic E-state index is 12.2. The van der Waals surface area contributed by atoms with Crippen molar-refractivity contribution < 1.29 is 8.42 Å². The average Bonchev–Trinajstić information content (AvgIpc) is 2.47. The van der Waals surface area contributed by atoms with E-state index in [0.29, 0.717) is 17.9 Å². The monoisotopic (exact) mass is 293 g/mol. The summed E-state index contributed by atoms with van der Waals surface area (Å²) in [6.07, 6.45) is 2.97. The Labute approximate surface area is 117 Å². The van der Waals surface area contributed by atoms with Crippen LogP contribution in [0.25, 0.3) is 0 Å². The maximum atomic E-state index is 12.2. The molecule has 0 spiro atoms. The van der Waals surface area contributed by atoms with Crippen molar-refractivity contribution in [3.05, 3.63) is 42.4 Å². The van der Waals surface area contributed by atoms with Crippen LogP contribution in [-0.4, -0.2) is 30.1 Å². The third-order valence-electron chi connectivity index (χ3n) is 2.46. The highest BCUT2D eigenvalue weighted by Crippen LogP contribution is 2.17. The van der Waals surface area contributed by atoms with Crippen LogP contribution in [0.2, 0.25) is 0 Å². The van der Waals surface area contributed by atoms with Crippen molar-refractivity contribution >= 4 is 15.7 Å². The van der Waals surface area contributed by atoms with Gasteiger partial charge in [0, 0.05) is 18.9 Å². The second kappa shape index (κ2) is 6.40. The summed E-state index contributed by atoms with van der Waals surface area (Å²) in [6.45, 7) is 2.56. The summed E-state index contributed by atoms with van der Waals surface area (Å²) in [5.41, 5.74) is 1.01. The van der Waals surface area contributed by atoms with Crippen molar-refractivity contribution in [3.63, 3.8) is 0 Å². The normalized spacial score (nSPS) is 11.2. The van der Waals surface area contributed by atoms with E-state index in [1.54, 1.807) is 24.3 Å². The van der Waals surface area contributed by atoms with Gasteiger partial charge in [0.2, 0.25) is 0 Å². The smallest absolute Gasteiger partial charge is 0.260 e. The molecule has 0 aromatic carbocycles. The molecule has 2 aromatic heterocycles. The third-order valence-corrected chi connectivity index (χ3v) is 3.82. The van der Waals surface area contributed by atoms with Crippen LogP contribution in [-0.2, 0) is 16.6 Å². The largest absolute Gasteiger partial charge is 0.383 e. The summed E-state index contributed by atoms with van der Waals surface area (Å²) < 4.78 is 26.9. The Kier molecular flexibility index (Phi) is 4.59. The molecule has 7 nitrogen and oxygen atoms in total. The van der Waals surface area contributed by atoms with Crippen LogP contribution in [0.15, 0.2) is 41.7 Å². The minimum absolute atomic E-state index is 0.0225. The molecule has 2 rings (SSSR count). The standard InChI is InChI=1S/C12H15N5O2S/c1-2-13-11-6-4-7-14-12(11)20(18,19)16-9-10-5-3-8-15-17-10/h3-8,13,16H,2,9H2,1H3. The molecule has 0 aliphatic carbocycles. The Hall–Kier alpha value is -2.06. The lowest BCUT2D eigenvalue weighted by atomic mass is 10.4. The number of anilines is 1. The summed E-state index contributed by atoms with van der Waals surface area (Å²) in [4.78, 5) is 3.93. The predicted molar refractivity (Wildman–Crippen MR) is 74.5 cm³/mol. The van der Waals surface area contributed by atoms with Gasteiger partial charge >= 0.3 is 0 Å². The van der Waals surface area contributed by atoms with E-state index in [-0.39, 0.29) is 11.6 Å². The maximum Gasteiger partial charge on any atom is 0.260 e. The highest BCUT2D eigenvalue weighted by Gasteiger charge is 2.19. The fourth-order valence-corrected chi connectivity index (χ4v) is 2.70. The van der Waals surface area contributed by atoms with E-state index < -0.39 is 10.0 Å². The molecule has 2 N–H and O–H groups in total. The zero-order chi connectivity index (χ0) is 14.4. The fraction of sp³-hybridized carbons (Fsp3) is 0.250. The van der Waals surface area contributed by atoms with E-state index in [1.807, 2.05) is 6.92 Å². The molecule has 20 heavy (non-hydrogen) atoms. The van der Waals surface area contributed by atoms with Gasteiger partial charge in [-0.3, -0.25) is 0 Å². The summed E-state index contributed by atoms with van der Waals surface area (Å²) in [6, 6.07) is 6.74. The van der Waals surface area contributed by atoms with Gasteiger partial charge in [-0.05, 0) is 31.2 Å². The molecule has 2 heterocycles. The zero-order valence-corrected chi connectivity index (χ0v) is 11.8. The number of pyridine rings is 1. The van der Waals surface area contributed by atoms with Crippen molar-refractivity contribution in [2.45, 2.75) is 18.5 Å². The van der Waals surface area contributed by atoms with E-state index in [0.717, 1.165) is 0 Å². The van der Waals surface area contributed by atoms with E-state index >= 15 is 0 Å². The molecule has 8 heteroatoms. The molecule has 2 aromatic rings. The van der Waals surface area contributed by atoms with Gasteiger partial charge < -0.3 is 5.32 Å². The number of rotatable bonds is 6. The van der Waals surface area contributed by atoms with Crippen LogP contribution in [0.3, 0.4) is 0 Å². The minimum atomic E-state index is -3.70. The van der Waals surface area contributed by atoms with Crippen LogP contribution in [0, 0.1) is 0 Å². The second-order valence-corrected chi connectivity index (χ2v) is 5.61. The first-order valence-electron chi connectivity index (χ1n) is 6.08. The molecule has 0 bridgehead atoms. The van der Waals surface area contributed by atoms with E-state index in [4.69, 9.17) is 0 Å². The van der Waals surface area contributed by atoms with Gasteiger partial charge in [-0.1, -0.05) is 0 Å². The lowest BCUT2D eigenvalue weighted by molar-refractivity contribution is 0.576. The van der Waals surface area contributed by atoms with Gasteiger partial charge in [0.1, 0.15) is 0 Å². The molecule has 0 atom stereocenters. The SMILES string of the molecule is CCNc1cccnc1S(=O)(=O)NCc1cccnn1. The lowest BCUT2D eigenvalue weighted by Crippen LogP contribution is -2.25. The van der Waals surface area contributed by atoms with Crippen molar-refractivity contribution in [2.75, 3.05) is 11.9 Å². The number of nitrogens with one attached hydrogen (secondary N) is 2. The van der Waals surface area contributed by atoms with Crippen molar-refractivity contribution in [2.24, 2.45) is 0 Å². The summed E-state index contributed by atoms with van der Waals surface area (Å²) in [5.74, 6) is 0. The molecular formula is C12H15N5O2S. The van der Waals surface area contributed by atoms with Gasteiger partial charge in [0.25, 0.3) is 10.0 Å². The zero-order valence-electron chi connectivity index (χ0n) is 10.9. The van der Waals surface area contributed by atoms with Crippen LogP contribution in [0.4, 0.5) is 5.69 Å². The number of aromatic nitrogens is 3. The molecule has 106 valence electrons. The number of nitrogens with zero attached hydrogens (tertiary/aromatic N) is 3. The highest BCUT2D eigenvalue weighted by molar-refractivity contribution is 7.89.